The van der Waals surface area contributed by atoms with E-state index in [2.05, 4.69) is 15.4 Å². The van der Waals surface area contributed by atoms with Crippen molar-refractivity contribution in [2.75, 3.05) is 21.1 Å². The van der Waals surface area contributed by atoms with E-state index < -0.39 is 15.4 Å². The third kappa shape index (κ3) is 5.46. The van der Waals surface area contributed by atoms with Gasteiger partial charge < -0.3 is 16.4 Å². The van der Waals surface area contributed by atoms with E-state index in [-0.39, 0.29) is 22.4 Å². The number of carbonyl (C=O) groups is 2. The SMILES string of the molecule is CC(=O)Nc1ccc(S(=O)(=O)Nc2ccc(N)c(NC(=O)C(C)(C)C)c2)cc1. The van der Waals surface area contributed by atoms with E-state index in [1.807, 2.05) is 0 Å². The van der Waals surface area contributed by atoms with Gasteiger partial charge in [0, 0.05) is 18.0 Å². The lowest BCUT2D eigenvalue weighted by Crippen LogP contribution is -2.28. The van der Waals surface area contributed by atoms with Crippen LogP contribution in [0.2, 0.25) is 0 Å². The van der Waals surface area contributed by atoms with Gasteiger partial charge in [0.25, 0.3) is 10.0 Å². The lowest BCUT2D eigenvalue weighted by Gasteiger charge is -2.19. The smallest absolute Gasteiger partial charge is 0.261 e. The Bertz CT molecular complexity index is 994. The molecule has 0 bridgehead atoms. The Kier molecular flexibility index (Phi) is 5.98. The van der Waals surface area contributed by atoms with E-state index >= 15 is 0 Å². The van der Waals surface area contributed by atoms with Crippen LogP contribution in [0.25, 0.3) is 0 Å². The third-order valence-electron chi connectivity index (χ3n) is 3.72. The highest BCUT2D eigenvalue weighted by Gasteiger charge is 2.22. The molecule has 0 fully saturated rings. The first-order chi connectivity index (χ1) is 12.9. The molecule has 0 aliphatic rings. The van der Waals surface area contributed by atoms with Crippen LogP contribution in [-0.2, 0) is 19.6 Å². The summed E-state index contributed by atoms with van der Waals surface area (Å²) in [5, 5.41) is 5.27. The van der Waals surface area contributed by atoms with Crippen LogP contribution in [0.1, 0.15) is 27.7 Å². The molecule has 0 unspecified atom stereocenters. The molecule has 2 rings (SSSR count). The normalized spacial score (nSPS) is 11.6. The molecule has 0 aliphatic carbocycles. The van der Waals surface area contributed by atoms with E-state index in [9.17, 15) is 18.0 Å². The molecule has 0 saturated carbocycles. The fourth-order valence-electron chi connectivity index (χ4n) is 2.17. The number of nitrogens with one attached hydrogen (secondary N) is 3. The summed E-state index contributed by atoms with van der Waals surface area (Å²) in [4.78, 5) is 23.3. The van der Waals surface area contributed by atoms with Crippen LogP contribution < -0.4 is 21.1 Å². The molecule has 0 aromatic heterocycles. The molecule has 8 nitrogen and oxygen atoms in total. The molecule has 0 spiro atoms. The number of sulfonamides is 1. The van der Waals surface area contributed by atoms with Gasteiger partial charge in [0.15, 0.2) is 0 Å². The predicted octanol–water partition coefficient (Wildman–Crippen LogP) is 3.01. The van der Waals surface area contributed by atoms with Crippen LogP contribution in [-0.4, -0.2) is 20.2 Å². The molecular weight excluding hydrogens is 380 g/mol. The van der Waals surface area contributed by atoms with Crippen molar-refractivity contribution in [2.24, 2.45) is 5.41 Å². The maximum absolute atomic E-state index is 12.6. The Morgan fingerprint density at radius 1 is 0.929 bits per heavy atom. The Morgan fingerprint density at radius 3 is 2.04 bits per heavy atom. The van der Waals surface area contributed by atoms with Crippen molar-refractivity contribution in [3.63, 3.8) is 0 Å². The summed E-state index contributed by atoms with van der Waals surface area (Å²) in [6.07, 6.45) is 0. The van der Waals surface area contributed by atoms with Crippen molar-refractivity contribution in [3.8, 4) is 0 Å². The van der Waals surface area contributed by atoms with Crippen molar-refractivity contribution >= 4 is 44.6 Å². The molecule has 0 atom stereocenters. The van der Waals surface area contributed by atoms with Gasteiger partial charge in [-0.3, -0.25) is 14.3 Å². The second-order valence-corrected chi connectivity index (χ2v) is 9.00. The highest BCUT2D eigenvalue weighted by atomic mass is 32.2. The van der Waals surface area contributed by atoms with E-state index in [4.69, 9.17) is 5.73 Å². The summed E-state index contributed by atoms with van der Waals surface area (Å²) in [6.45, 7) is 6.64. The summed E-state index contributed by atoms with van der Waals surface area (Å²) >= 11 is 0. The average molecular weight is 404 g/mol. The summed E-state index contributed by atoms with van der Waals surface area (Å²) in [5.74, 6) is -0.492. The largest absolute Gasteiger partial charge is 0.397 e. The van der Waals surface area contributed by atoms with Crippen molar-refractivity contribution in [1.82, 2.24) is 0 Å². The Hall–Kier alpha value is -3.07. The maximum Gasteiger partial charge on any atom is 0.261 e. The van der Waals surface area contributed by atoms with Crippen LogP contribution in [0.4, 0.5) is 22.7 Å². The molecule has 5 N–H and O–H groups in total. The molecule has 2 aromatic carbocycles. The lowest BCUT2D eigenvalue weighted by atomic mass is 9.95. The maximum atomic E-state index is 12.6. The zero-order chi connectivity index (χ0) is 21.1. The molecular formula is C19H24N4O4S. The van der Waals surface area contributed by atoms with Gasteiger partial charge in [0.2, 0.25) is 11.8 Å². The number of hydrogen-bond acceptors (Lipinski definition) is 5. The zero-order valence-corrected chi connectivity index (χ0v) is 17.0. The Balaban J connectivity index is 2.23. The number of benzene rings is 2. The van der Waals surface area contributed by atoms with Crippen LogP contribution in [0.15, 0.2) is 47.4 Å². The van der Waals surface area contributed by atoms with E-state index in [0.29, 0.717) is 17.1 Å². The first kappa shape index (κ1) is 21.2. The van der Waals surface area contributed by atoms with E-state index in [1.165, 1.54) is 49.4 Å². The standard InChI is InChI=1S/C19H24N4O4S/c1-12(24)21-13-5-8-15(9-6-13)28(26,27)23-14-7-10-16(20)17(11-14)22-18(25)19(2,3)4/h5-11,23H,20H2,1-4H3,(H,21,24)(H,22,25). The molecule has 0 radical (unpaired) electrons. The summed E-state index contributed by atoms with van der Waals surface area (Å²) in [5.41, 5.74) is 6.64. The fourth-order valence-corrected chi connectivity index (χ4v) is 3.22. The van der Waals surface area contributed by atoms with Crippen LogP contribution >= 0.6 is 0 Å². The fraction of sp³-hybridized carbons (Fsp3) is 0.263. The molecule has 9 heteroatoms. The van der Waals surface area contributed by atoms with Gasteiger partial charge >= 0.3 is 0 Å². The number of rotatable bonds is 5. The predicted molar refractivity (Wildman–Crippen MR) is 110 cm³/mol. The molecule has 2 amide bonds. The minimum atomic E-state index is -3.86. The number of amides is 2. The van der Waals surface area contributed by atoms with Gasteiger partial charge in [-0.2, -0.15) is 0 Å². The van der Waals surface area contributed by atoms with Crippen LogP contribution in [0.3, 0.4) is 0 Å². The van der Waals surface area contributed by atoms with E-state index in [0.717, 1.165) is 0 Å². The average Bonchev–Trinajstić information content (AvgIpc) is 2.56. The Morgan fingerprint density at radius 2 is 1.50 bits per heavy atom. The molecule has 2 aromatic rings. The Labute approximate surface area is 164 Å². The first-order valence-electron chi connectivity index (χ1n) is 8.50. The van der Waals surface area contributed by atoms with E-state index in [1.54, 1.807) is 20.8 Å². The van der Waals surface area contributed by atoms with Gasteiger partial charge in [-0.05, 0) is 42.5 Å². The monoisotopic (exact) mass is 404 g/mol. The van der Waals surface area contributed by atoms with Crippen LogP contribution in [0.5, 0.6) is 0 Å². The van der Waals surface area contributed by atoms with Gasteiger partial charge in [-0.1, -0.05) is 20.8 Å². The zero-order valence-electron chi connectivity index (χ0n) is 16.2. The topological polar surface area (TPSA) is 130 Å². The number of nitrogen functional groups attached to an aromatic ring is 1. The number of anilines is 4. The number of hydrogen-bond donors (Lipinski definition) is 4. The second-order valence-electron chi connectivity index (χ2n) is 7.32. The third-order valence-corrected chi connectivity index (χ3v) is 5.12. The van der Waals surface area contributed by atoms with Gasteiger partial charge in [-0.25, -0.2) is 8.42 Å². The lowest BCUT2D eigenvalue weighted by molar-refractivity contribution is -0.123. The van der Waals surface area contributed by atoms with Crippen molar-refractivity contribution < 1.29 is 18.0 Å². The summed E-state index contributed by atoms with van der Waals surface area (Å²) in [6, 6.07) is 10.2. The number of carbonyl (C=O) groups excluding carboxylic acids is 2. The molecule has 28 heavy (non-hydrogen) atoms. The van der Waals surface area contributed by atoms with Gasteiger partial charge in [0.1, 0.15) is 0 Å². The van der Waals surface area contributed by atoms with Crippen molar-refractivity contribution in [2.45, 2.75) is 32.6 Å². The van der Waals surface area contributed by atoms with Gasteiger partial charge in [0.05, 0.1) is 22.0 Å². The minimum absolute atomic E-state index is 0.0266. The highest BCUT2D eigenvalue weighted by molar-refractivity contribution is 7.92. The highest BCUT2D eigenvalue weighted by Crippen LogP contribution is 2.27. The summed E-state index contributed by atoms with van der Waals surface area (Å²) in [7, 11) is -3.86. The minimum Gasteiger partial charge on any atom is -0.397 e. The number of nitrogens with two attached hydrogens (primary N) is 1. The van der Waals surface area contributed by atoms with Crippen molar-refractivity contribution in [3.05, 3.63) is 42.5 Å². The molecule has 0 saturated heterocycles. The molecule has 150 valence electrons. The quantitative estimate of drug-likeness (QED) is 0.569. The molecule has 0 heterocycles. The first-order valence-corrected chi connectivity index (χ1v) is 9.98. The van der Waals surface area contributed by atoms with Gasteiger partial charge in [-0.15, -0.1) is 0 Å². The van der Waals surface area contributed by atoms with Crippen molar-refractivity contribution in [1.29, 1.82) is 0 Å². The molecule has 0 aliphatic heterocycles. The summed E-state index contributed by atoms with van der Waals surface area (Å²) < 4.78 is 27.6. The van der Waals surface area contributed by atoms with Crippen LogP contribution in [0, 0.1) is 5.41 Å². The second kappa shape index (κ2) is 7.89.